The summed E-state index contributed by atoms with van der Waals surface area (Å²) in [6, 6.07) is 2.19. The molecule has 8 nitrogen and oxygen atoms in total. The van der Waals surface area contributed by atoms with Crippen LogP contribution in [0.3, 0.4) is 0 Å². The molecular formula is C26H37N7OS. The lowest BCUT2D eigenvalue weighted by atomic mass is 10.1. The third-order valence-corrected chi connectivity index (χ3v) is 8.17. The van der Waals surface area contributed by atoms with Crippen LogP contribution in [0.25, 0.3) is 11.0 Å². The molecule has 5 rings (SSSR count). The number of aromatic nitrogens is 4. The standard InChI is InChI=1S/C26H37N7OS/c1-31-12-14-32(15-13-31)11-6-2-5-9-28-26-29-19-21-17-20(18-23-27-10-16-35-23)25(34)33(24(21)30-26)22-7-3-4-8-22/h10,16-17,19,22H,2-9,11-15,18H2,1H3,(H,28,29,30). The normalized spacial score (nSPS) is 18.0. The predicted octanol–water partition coefficient (Wildman–Crippen LogP) is 3.78. The highest BCUT2D eigenvalue weighted by Crippen LogP contribution is 2.31. The van der Waals surface area contributed by atoms with Gasteiger partial charge in [-0.2, -0.15) is 4.98 Å². The number of hydrogen-bond donors (Lipinski definition) is 1. The summed E-state index contributed by atoms with van der Waals surface area (Å²) in [5, 5.41) is 7.26. The van der Waals surface area contributed by atoms with Crippen LogP contribution in [0, 0.1) is 0 Å². The van der Waals surface area contributed by atoms with Crippen molar-refractivity contribution in [2.24, 2.45) is 0 Å². The summed E-state index contributed by atoms with van der Waals surface area (Å²) in [6.07, 6.45) is 12.2. The van der Waals surface area contributed by atoms with E-state index in [1.165, 1.54) is 58.4 Å². The Balaban J connectivity index is 1.23. The van der Waals surface area contributed by atoms with Crippen LogP contribution >= 0.6 is 11.3 Å². The molecule has 35 heavy (non-hydrogen) atoms. The second-order valence-corrected chi connectivity index (χ2v) is 11.0. The number of fused-ring (bicyclic) bond motifs is 1. The van der Waals surface area contributed by atoms with E-state index in [1.807, 2.05) is 22.2 Å². The van der Waals surface area contributed by atoms with E-state index in [9.17, 15) is 4.79 Å². The molecule has 0 unspecified atom stereocenters. The Kier molecular flexibility index (Phi) is 8.06. The fraction of sp³-hybridized carbons (Fsp3) is 0.615. The molecule has 0 radical (unpaired) electrons. The van der Waals surface area contributed by atoms with E-state index >= 15 is 0 Å². The van der Waals surface area contributed by atoms with Crippen molar-refractivity contribution >= 4 is 28.3 Å². The van der Waals surface area contributed by atoms with Crippen LogP contribution < -0.4 is 10.9 Å². The lowest BCUT2D eigenvalue weighted by molar-refractivity contribution is 0.152. The average Bonchev–Trinajstić information content (AvgIpc) is 3.58. The fourth-order valence-corrected chi connectivity index (χ4v) is 5.94. The smallest absolute Gasteiger partial charge is 0.256 e. The number of unbranched alkanes of at least 4 members (excludes halogenated alkanes) is 2. The number of nitrogens with zero attached hydrogens (tertiary/aromatic N) is 6. The van der Waals surface area contributed by atoms with Gasteiger partial charge in [0.15, 0.2) is 0 Å². The first kappa shape index (κ1) is 24.3. The van der Waals surface area contributed by atoms with Crippen LogP contribution in [0.1, 0.15) is 61.6 Å². The van der Waals surface area contributed by atoms with Crippen molar-refractivity contribution in [2.75, 3.05) is 51.6 Å². The first-order chi connectivity index (χ1) is 17.2. The van der Waals surface area contributed by atoms with Gasteiger partial charge in [0.2, 0.25) is 5.95 Å². The summed E-state index contributed by atoms with van der Waals surface area (Å²) < 4.78 is 1.95. The van der Waals surface area contributed by atoms with Crippen molar-refractivity contribution in [3.63, 3.8) is 0 Å². The highest BCUT2D eigenvalue weighted by molar-refractivity contribution is 7.09. The van der Waals surface area contributed by atoms with E-state index < -0.39 is 0 Å². The van der Waals surface area contributed by atoms with Crippen molar-refractivity contribution in [2.45, 2.75) is 57.4 Å². The van der Waals surface area contributed by atoms with E-state index in [-0.39, 0.29) is 11.6 Å². The Morgan fingerprint density at radius 1 is 1.09 bits per heavy atom. The Morgan fingerprint density at radius 2 is 1.91 bits per heavy atom. The molecule has 0 amide bonds. The van der Waals surface area contributed by atoms with Gasteiger partial charge in [0.1, 0.15) is 5.65 Å². The van der Waals surface area contributed by atoms with Crippen molar-refractivity contribution < 1.29 is 0 Å². The highest BCUT2D eigenvalue weighted by atomic mass is 32.1. The Morgan fingerprint density at radius 3 is 2.69 bits per heavy atom. The molecule has 3 aromatic rings. The summed E-state index contributed by atoms with van der Waals surface area (Å²) in [5.74, 6) is 0.621. The van der Waals surface area contributed by atoms with Crippen molar-refractivity contribution in [3.8, 4) is 0 Å². The first-order valence-electron chi connectivity index (χ1n) is 13.1. The summed E-state index contributed by atoms with van der Waals surface area (Å²) in [5.41, 5.74) is 1.62. The lowest BCUT2D eigenvalue weighted by Crippen LogP contribution is -2.44. The second kappa shape index (κ2) is 11.6. The quantitative estimate of drug-likeness (QED) is 0.429. The zero-order valence-electron chi connectivity index (χ0n) is 20.8. The minimum Gasteiger partial charge on any atom is -0.354 e. The van der Waals surface area contributed by atoms with Gasteiger partial charge in [-0.25, -0.2) is 9.97 Å². The molecule has 188 valence electrons. The molecule has 1 saturated heterocycles. The first-order valence-corrected chi connectivity index (χ1v) is 14.0. The lowest BCUT2D eigenvalue weighted by Gasteiger charge is -2.32. The molecule has 0 atom stereocenters. The number of pyridine rings is 1. The number of rotatable bonds is 10. The Bertz CT molecular complexity index is 1150. The third kappa shape index (κ3) is 6.08. The molecule has 3 aromatic heterocycles. The van der Waals surface area contributed by atoms with Crippen LogP contribution in [-0.2, 0) is 6.42 Å². The zero-order chi connectivity index (χ0) is 24.0. The van der Waals surface area contributed by atoms with Crippen LogP contribution in [0.5, 0.6) is 0 Å². The van der Waals surface area contributed by atoms with E-state index in [2.05, 4.69) is 32.1 Å². The zero-order valence-corrected chi connectivity index (χ0v) is 21.6. The predicted molar refractivity (Wildman–Crippen MR) is 143 cm³/mol. The van der Waals surface area contributed by atoms with Crippen molar-refractivity contribution in [3.05, 3.63) is 44.8 Å². The van der Waals surface area contributed by atoms with Crippen LogP contribution in [0.2, 0.25) is 0 Å². The minimum atomic E-state index is 0.0770. The molecule has 2 aliphatic rings. The van der Waals surface area contributed by atoms with Gasteiger partial charge in [0.05, 0.1) is 5.01 Å². The molecule has 0 aromatic carbocycles. The largest absolute Gasteiger partial charge is 0.354 e. The summed E-state index contributed by atoms with van der Waals surface area (Å²) in [6.45, 7) is 6.78. The van der Waals surface area contributed by atoms with Gasteiger partial charge in [-0.1, -0.05) is 19.3 Å². The van der Waals surface area contributed by atoms with E-state index in [0.717, 1.165) is 47.4 Å². The maximum atomic E-state index is 13.5. The Labute approximate surface area is 211 Å². The van der Waals surface area contributed by atoms with Gasteiger partial charge < -0.3 is 15.1 Å². The molecule has 4 heterocycles. The fourth-order valence-electron chi connectivity index (χ4n) is 5.30. The van der Waals surface area contributed by atoms with Gasteiger partial charge in [-0.15, -0.1) is 11.3 Å². The molecule has 0 spiro atoms. The molecule has 9 heteroatoms. The number of nitrogens with one attached hydrogen (secondary N) is 1. The molecule has 1 aliphatic heterocycles. The van der Waals surface area contributed by atoms with Crippen LogP contribution in [0.15, 0.2) is 28.6 Å². The monoisotopic (exact) mass is 495 g/mol. The van der Waals surface area contributed by atoms with Gasteiger partial charge in [0.25, 0.3) is 5.56 Å². The number of thiazole rings is 1. The van der Waals surface area contributed by atoms with Gasteiger partial charge in [-0.3, -0.25) is 9.36 Å². The minimum absolute atomic E-state index is 0.0770. The number of hydrogen-bond acceptors (Lipinski definition) is 8. The molecule has 2 fully saturated rings. The number of likely N-dealkylation sites (N-methyl/N-ethyl adjacent to an activating group) is 1. The topological polar surface area (TPSA) is 79.2 Å². The van der Waals surface area contributed by atoms with Gasteiger partial charge in [0, 0.05) is 73.9 Å². The summed E-state index contributed by atoms with van der Waals surface area (Å²) in [4.78, 5) is 32.3. The average molecular weight is 496 g/mol. The van der Waals surface area contributed by atoms with Crippen LogP contribution in [0.4, 0.5) is 5.95 Å². The number of piperazine rings is 1. The Hall–Kier alpha value is -2.36. The van der Waals surface area contributed by atoms with Crippen LogP contribution in [-0.4, -0.2) is 75.6 Å². The highest BCUT2D eigenvalue weighted by Gasteiger charge is 2.23. The molecular weight excluding hydrogens is 458 g/mol. The third-order valence-electron chi connectivity index (χ3n) is 7.39. The maximum Gasteiger partial charge on any atom is 0.256 e. The summed E-state index contributed by atoms with van der Waals surface area (Å²) in [7, 11) is 2.20. The SMILES string of the molecule is CN1CCN(CCCCCNc2ncc3cc(Cc4nccs4)c(=O)n(C4CCCC4)c3n2)CC1. The van der Waals surface area contributed by atoms with Gasteiger partial charge >= 0.3 is 0 Å². The maximum absolute atomic E-state index is 13.5. The molecule has 1 saturated carbocycles. The molecule has 1 aliphatic carbocycles. The van der Waals surface area contributed by atoms with Gasteiger partial charge in [-0.05, 0) is 45.3 Å². The second-order valence-electron chi connectivity index (χ2n) is 9.99. The van der Waals surface area contributed by atoms with E-state index in [4.69, 9.17) is 4.98 Å². The number of anilines is 1. The van der Waals surface area contributed by atoms with Crippen molar-refractivity contribution in [1.82, 2.24) is 29.3 Å². The summed E-state index contributed by atoms with van der Waals surface area (Å²) >= 11 is 1.59. The molecule has 0 bridgehead atoms. The molecule has 1 N–H and O–H groups in total. The van der Waals surface area contributed by atoms with E-state index in [0.29, 0.717) is 12.4 Å². The van der Waals surface area contributed by atoms with Crippen molar-refractivity contribution in [1.29, 1.82) is 0 Å². The van der Waals surface area contributed by atoms with E-state index in [1.54, 1.807) is 17.5 Å².